The second-order valence-corrected chi connectivity index (χ2v) is 7.60. The van der Waals surface area contributed by atoms with Crippen molar-refractivity contribution in [3.8, 4) is 5.69 Å². The lowest BCUT2D eigenvalue weighted by atomic mass is 10.1. The molecule has 8 heteroatoms. The van der Waals surface area contributed by atoms with Gasteiger partial charge in [-0.2, -0.15) is 0 Å². The van der Waals surface area contributed by atoms with Crippen LogP contribution < -0.4 is 10.9 Å². The number of carbonyl (C=O) groups is 2. The molecule has 1 heterocycles. The van der Waals surface area contributed by atoms with Crippen LogP contribution in [0.5, 0.6) is 0 Å². The van der Waals surface area contributed by atoms with Gasteiger partial charge in [0.2, 0.25) is 5.91 Å². The first-order chi connectivity index (χ1) is 13.4. The number of carbonyl (C=O) groups excluding carboxylic acids is 2. The minimum absolute atomic E-state index is 0.114. The Bertz CT molecular complexity index is 981. The van der Waals surface area contributed by atoms with Crippen molar-refractivity contribution >= 4 is 35.2 Å². The van der Waals surface area contributed by atoms with Crippen LogP contribution >= 0.6 is 23.4 Å². The normalized spacial score (nSPS) is 10.5. The summed E-state index contributed by atoms with van der Waals surface area (Å²) in [6, 6.07) is 12.6. The summed E-state index contributed by atoms with van der Waals surface area (Å²) in [7, 11) is 0. The Kier molecular flexibility index (Phi) is 6.38. The fraction of sp³-hybridized carbons (Fsp3) is 0.150. The van der Waals surface area contributed by atoms with Crippen molar-refractivity contribution in [1.29, 1.82) is 0 Å². The number of benzene rings is 2. The molecule has 2 amide bonds. The highest BCUT2D eigenvalue weighted by molar-refractivity contribution is 7.99. The molecule has 0 radical (unpaired) electrons. The highest BCUT2D eigenvalue weighted by atomic mass is 35.5. The van der Waals surface area contributed by atoms with E-state index in [1.807, 2.05) is 24.6 Å². The maximum atomic E-state index is 12.1. The van der Waals surface area contributed by atoms with E-state index in [9.17, 15) is 9.59 Å². The first-order valence-corrected chi connectivity index (χ1v) is 9.88. The maximum Gasteiger partial charge on any atom is 0.269 e. The van der Waals surface area contributed by atoms with E-state index in [1.54, 1.807) is 30.5 Å². The SMILES string of the molecule is Cc1cc(C)cc(-n2ccnc2SCC(=O)NNC(=O)c2ccc(Cl)cc2)c1. The number of nitrogens with one attached hydrogen (secondary N) is 2. The van der Waals surface area contributed by atoms with Gasteiger partial charge in [0.05, 0.1) is 5.75 Å². The van der Waals surface area contributed by atoms with Gasteiger partial charge in [-0.25, -0.2) is 4.98 Å². The molecule has 0 saturated carbocycles. The second-order valence-electron chi connectivity index (χ2n) is 6.22. The zero-order chi connectivity index (χ0) is 20.1. The van der Waals surface area contributed by atoms with Gasteiger partial charge in [-0.15, -0.1) is 0 Å². The average molecular weight is 415 g/mol. The molecular formula is C20H19ClN4O2S. The van der Waals surface area contributed by atoms with E-state index in [0.29, 0.717) is 15.7 Å². The van der Waals surface area contributed by atoms with E-state index in [-0.39, 0.29) is 11.7 Å². The number of imidazole rings is 1. The second kappa shape index (κ2) is 8.95. The molecule has 2 aromatic carbocycles. The minimum Gasteiger partial charge on any atom is -0.295 e. The van der Waals surface area contributed by atoms with Crippen molar-refractivity contribution in [2.45, 2.75) is 19.0 Å². The number of nitrogens with zero attached hydrogens (tertiary/aromatic N) is 2. The number of rotatable bonds is 5. The number of aryl methyl sites for hydroxylation is 2. The van der Waals surface area contributed by atoms with Crippen LogP contribution in [0.3, 0.4) is 0 Å². The lowest BCUT2D eigenvalue weighted by Crippen LogP contribution is -2.42. The molecule has 0 aliphatic carbocycles. The van der Waals surface area contributed by atoms with E-state index >= 15 is 0 Å². The van der Waals surface area contributed by atoms with E-state index in [2.05, 4.69) is 34.0 Å². The van der Waals surface area contributed by atoms with Crippen LogP contribution in [0, 0.1) is 13.8 Å². The molecular weight excluding hydrogens is 396 g/mol. The Morgan fingerprint density at radius 2 is 1.75 bits per heavy atom. The summed E-state index contributed by atoms with van der Waals surface area (Å²) >= 11 is 7.08. The molecule has 0 aliphatic rings. The van der Waals surface area contributed by atoms with E-state index < -0.39 is 5.91 Å². The number of hydrogen-bond acceptors (Lipinski definition) is 4. The van der Waals surface area contributed by atoms with Gasteiger partial charge in [0.1, 0.15) is 0 Å². The van der Waals surface area contributed by atoms with Crippen LogP contribution in [-0.4, -0.2) is 27.1 Å². The zero-order valence-corrected chi connectivity index (χ0v) is 17.0. The third-order valence-corrected chi connectivity index (χ3v) is 5.06. The van der Waals surface area contributed by atoms with Crippen LogP contribution in [0.25, 0.3) is 5.69 Å². The smallest absolute Gasteiger partial charge is 0.269 e. The first kappa shape index (κ1) is 20.0. The lowest BCUT2D eigenvalue weighted by molar-refractivity contribution is -0.119. The van der Waals surface area contributed by atoms with Crippen molar-refractivity contribution in [2.24, 2.45) is 0 Å². The first-order valence-electron chi connectivity index (χ1n) is 8.52. The van der Waals surface area contributed by atoms with Crippen molar-refractivity contribution in [1.82, 2.24) is 20.4 Å². The van der Waals surface area contributed by atoms with Gasteiger partial charge in [0.15, 0.2) is 5.16 Å². The number of amides is 2. The summed E-state index contributed by atoms with van der Waals surface area (Å²) in [6.07, 6.45) is 3.55. The molecule has 0 atom stereocenters. The lowest BCUT2D eigenvalue weighted by Gasteiger charge is -2.10. The van der Waals surface area contributed by atoms with Crippen LogP contribution in [0.15, 0.2) is 60.0 Å². The molecule has 0 saturated heterocycles. The van der Waals surface area contributed by atoms with Gasteiger partial charge in [0.25, 0.3) is 5.91 Å². The van der Waals surface area contributed by atoms with Crippen molar-refractivity contribution in [2.75, 3.05) is 5.75 Å². The van der Waals surface area contributed by atoms with Gasteiger partial charge >= 0.3 is 0 Å². The highest BCUT2D eigenvalue weighted by Gasteiger charge is 2.11. The predicted molar refractivity (Wildman–Crippen MR) is 111 cm³/mol. The van der Waals surface area contributed by atoms with Crippen molar-refractivity contribution < 1.29 is 9.59 Å². The Balaban J connectivity index is 1.56. The van der Waals surface area contributed by atoms with E-state index in [1.165, 1.54) is 11.8 Å². The van der Waals surface area contributed by atoms with E-state index in [0.717, 1.165) is 16.8 Å². The summed E-state index contributed by atoms with van der Waals surface area (Å²) in [5.74, 6) is -0.628. The highest BCUT2D eigenvalue weighted by Crippen LogP contribution is 2.22. The Morgan fingerprint density at radius 3 is 2.43 bits per heavy atom. The molecule has 3 aromatic rings. The molecule has 2 N–H and O–H groups in total. The van der Waals surface area contributed by atoms with Gasteiger partial charge in [-0.3, -0.25) is 25.0 Å². The standard InChI is InChI=1S/C20H19ClN4O2S/c1-13-9-14(2)11-17(10-13)25-8-7-22-20(25)28-12-18(26)23-24-19(27)15-3-5-16(21)6-4-15/h3-11H,12H2,1-2H3,(H,23,26)(H,24,27). The minimum atomic E-state index is -0.410. The predicted octanol–water partition coefficient (Wildman–Crippen LogP) is 3.70. The van der Waals surface area contributed by atoms with Crippen LogP contribution in [0.4, 0.5) is 0 Å². The Labute approximate surface area is 172 Å². The molecule has 0 aliphatic heterocycles. The molecule has 0 unspecified atom stereocenters. The van der Waals surface area contributed by atoms with Crippen LogP contribution in [0.2, 0.25) is 5.02 Å². The molecule has 0 bridgehead atoms. The van der Waals surface area contributed by atoms with Gasteiger partial charge in [0, 0.05) is 28.7 Å². The summed E-state index contributed by atoms with van der Waals surface area (Å²) in [5, 5.41) is 1.24. The zero-order valence-electron chi connectivity index (χ0n) is 15.4. The maximum absolute atomic E-state index is 12.1. The number of thioether (sulfide) groups is 1. The molecule has 144 valence electrons. The summed E-state index contributed by atoms with van der Waals surface area (Å²) in [4.78, 5) is 28.4. The molecule has 6 nitrogen and oxygen atoms in total. The Hall–Kier alpha value is -2.77. The third-order valence-electron chi connectivity index (χ3n) is 3.85. The summed E-state index contributed by atoms with van der Waals surface area (Å²) < 4.78 is 1.93. The molecule has 3 rings (SSSR count). The molecule has 0 spiro atoms. The van der Waals surface area contributed by atoms with Gasteiger partial charge in [-0.05, 0) is 61.4 Å². The monoisotopic (exact) mass is 414 g/mol. The quantitative estimate of drug-likeness (QED) is 0.493. The molecule has 1 aromatic heterocycles. The molecule has 0 fully saturated rings. The molecule has 28 heavy (non-hydrogen) atoms. The van der Waals surface area contributed by atoms with Crippen molar-refractivity contribution in [3.63, 3.8) is 0 Å². The summed E-state index contributed by atoms with van der Waals surface area (Å²) in [6.45, 7) is 4.08. The number of aromatic nitrogens is 2. The van der Waals surface area contributed by atoms with Crippen LogP contribution in [-0.2, 0) is 4.79 Å². The largest absolute Gasteiger partial charge is 0.295 e. The number of halogens is 1. The fourth-order valence-electron chi connectivity index (χ4n) is 2.65. The van der Waals surface area contributed by atoms with Gasteiger partial charge in [-0.1, -0.05) is 29.4 Å². The van der Waals surface area contributed by atoms with Crippen LogP contribution in [0.1, 0.15) is 21.5 Å². The summed E-state index contributed by atoms with van der Waals surface area (Å²) in [5.41, 5.74) is 8.50. The Morgan fingerprint density at radius 1 is 1.07 bits per heavy atom. The number of hydrazine groups is 1. The topological polar surface area (TPSA) is 76.0 Å². The number of hydrogen-bond donors (Lipinski definition) is 2. The van der Waals surface area contributed by atoms with E-state index in [4.69, 9.17) is 11.6 Å². The average Bonchev–Trinajstić information content (AvgIpc) is 3.13. The van der Waals surface area contributed by atoms with Gasteiger partial charge < -0.3 is 0 Å². The fourth-order valence-corrected chi connectivity index (χ4v) is 3.55. The van der Waals surface area contributed by atoms with Crippen molar-refractivity contribution in [3.05, 3.63) is 76.6 Å². The third kappa shape index (κ3) is 5.15.